The average Bonchev–Trinajstić information content (AvgIpc) is 2.84. The molecule has 1 heterocycles. The molecule has 2 nitrogen and oxygen atoms in total. The number of thiazole rings is 1. The smallest absolute Gasteiger partial charge is 0.0898 e. The number of benzene rings is 1. The first-order chi connectivity index (χ1) is 10.3. The Morgan fingerprint density at radius 1 is 1.38 bits per heavy atom. The van der Waals surface area contributed by atoms with Crippen LogP contribution in [-0.2, 0) is 0 Å². The molecule has 1 saturated carbocycles. The summed E-state index contributed by atoms with van der Waals surface area (Å²) in [6.45, 7) is 5.31. The van der Waals surface area contributed by atoms with Crippen molar-refractivity contribution in [2.45, 2.75) is 51.5 Å². The Bertz CT molecular complexity index is 586. The van der Waals surface area contributed by atoms with Crippen molar-refractivity contribution in [2.24, 2.45) is 0 Å². The molecule has 1 N–H and O–H groups in total. The van der Waals surface area contributed by atoms with Crippen LogP contribution in [0.1, 0.15) is 66.4 Å². The summed E-state index contributed by atoms with van der Waals surface area (Å²) in [5.41, 5.74) is 4.03. The molecule has 0 aliphatic heterocycles. The molecule has 1 atom stereocenters. The van der Waals surface area contributed by atoms with E-state index in [9.17, 15) is 0 Å². The van der Waals surface area contributed by atoms with E-state index in [0.29, 0.717) is 0 Å². The number of aryl methyl sites for hydroxylation is 1. The summed E-state index contributed by atoms with van der Waals surface area (Å²) in [6.07, 6.45) is 5.23. The standard InChI is InChI=1S/C18H24N2S/c1-3-10-19-18(17-12-21-13(2)20-17)16-9-5-8-15(11-16)14-6-4-7-14/h5,8-9,11-12,14,18-19H,3-4,6-7,10H2,1-2H3. The summed E-state index contributed by atoms with van der Waals surface area (Å²) >= 11 is 1.74. The molecule has 0 saturated heterocycles. The number of nitrogens with zero attached hydrogens (tertiary/aromatic N) is 1. The van der Waals surface area contributed by atoms with Gasteiger partial charge in [-0.25, -0.2) is 4.98 Å². The second-order valence-electron chi connectivity index (χ2n) is 5.98. The van der Waals surface area contributed by atoms with Crippen molar-refractivity contribution in [3.63, 3.8) is 0 Å². The molecule has 1 aromatic carbocycles. The minimum Gasteiger partial charge on any atom is -0.305 e. The van der Waals surface area contributed by atoms with Crippen LogP contribution in [0.4, 0.5) is 0 Å². The molecule has 1 aromatic heterocycles. The number of hydrogen-bond acceptors (Lipinski definition) is 3. The number of rotatable bonds is 6. The predicted molar refractivity (Wildman–Crippen MR) is 90.0 cm³/mol. The van der Waals surface area contributed by atoms with Crippen LogP contribution < -0.4 is 5.32 Å². The molecular formula is C18H24N2S. The molecule has 3 rings (SSSR count). The highest BCUT2D eigenvalue weighted by Gasteiger charge is 2.22. The van der Waals surface area contributed by atoms with Gasteiger partial charge in [-0.2, -0.15) is 0 Å². The number of aromatic nitrogens is 1. The van der Waals surface area contributed by atoms with Gasteiger partial charge in [0.15, 0.2) is 0 Å². The Balaban J connectivity index is 1.88. The topological polar surface area (TPSA) is 24.9 Å². The van der Waals surface area contributed by atoms with E-state index in [4.69, 9.17) is 4.98 Å². The third-order valence-electron chi connectivity index (χ3n) is 4.35. The summed E-state index contributed by atoms with van der Waals surface area (Å²) in [6, 6.07) is 9.37. The van der Waals surface area contributed by atoms with Crippen LogP contribution in [0.3, 0.4) is 0 Å². The van der Waals surface area contributed by atoms with Gasteiger partial charge in [0.25, 0.3) is 0 Å². The Kier molecular flexibility index (Phi) is 4.71. The predicted octanol–water partition coefficient (Wildman–Crippen LogP) is 4.81. The SMILES string of the molecule is CCCNC(c1cccc(C2CCC2)c1)c1csc(C)n1. The Morgan fingerprint density at radius 2 is 2.24 bits per heavy atom. The van der Waals surface area contributed by atoms with Crippen molar-refractivity contribution in [1.29, 1.82) is 0 Å². The first kappa shape index (κ1) is 14.7. The van der Waals surface area contributed by atoms with Gasteiger partial charge in [-0.1, -0.05) is 37.6 Å². The van der Waals surface area contributed by atoms with Gasteiger partial charge in [-0.05, 0) is 49.8 Å². The second-order valence-corrected chi connectivity index (χ2v) is 7.04. The van der Waals surface area contributed by atoms with Gasteiger partial charge in [0.2, 0.25) is 0 Å². The average molecular weight is 300 g/mol. The molecular weight excluding hydrogens is 276 g/mol. The zero-order valence-corrected chi connectivity index (χ0v) is 13.7. The lowest BCUT2D eigenvalue weighted by molar-refractivity contribution is 0.419. The third kappa shape index (κ3) is 3.35. The first-order valence-electron chi connectivity index (χ1n) is 8.03. The maximum atomic E-state index is 4.70. The van der Waals surface area contributed by atoms with Gasteiger partial charge in [-0.15, -0.1) is 11.3 Å². The number of nitrogens with one attached hydrogen (secondary N) is 1. The van der Waals surface area contributed by atoms with Crippen LogP contribution in [-0.4, -0.2) is 11.5 Å². The lowest BCUT2D eigenvalue weighted by Crippen LogP contribution is -2.24. The normalized spacial score (nSPS) is 16.7. The fourth-order valence-electron chi connectivity index (χ4n) is 2.93. The molecule has 112 valence electrons. The van der Waals surface area contributed by atoms with Gasteiger partial charge >= 0.3 is 0 Å². The van der Waals surface area contributed by atoms with Crippen LogP contribution in [0.2, 0.25) is 0 Å². The van der Waals surface area contributed by atoms with E-state index >= 15 is 0 Å². The highest BCUT2D eigenvalue weighted by atomic mass is 32.1. The molecule has 1 fully saturated rings. The molecule has 0 spiro atoms. The Labute approximate surface area is 131 Å². The number of hydrogen-bond donors (Lipinski definition) is 1. The monoisotopic (exact) mass is 300 g/mol. The summed E-state index contributed by atoms with van der Waals surface area (Å²) in [5.74, 6) is 0.786. The third-order valence-corrected chi connectivity index (χ3v) is 5.14. The van der Waals surface area contributed by atoms with E-state index in [1.54, 1.807) is 11.3 Å². The Morgan fingerprint density at radius 3 is 2.86 bits per heavy atom. The quantitative estimate of drug-likeness (QED) is 0.828. The highest BCUT2D eigenvalue weighted by molar-refractivity contribution is 7.09. The van der Waals surface area contributed by atoms with Gasteiger partial charge < -0.3 is 5.32 Å². The molecule has 2 aromatic rings. The largest absolute Gasteiger partial charge is 0.305 e. The minimum absolute atomic E-state index is 0.231. The molecule has 1 aliphatic carbocycles. The van der Waals surface area contributed by atoms with Crippen molar-refractivity contribution in [1.82, 2.24) is 10.3 Å². The first-order valence-corrected chi connectivity index (χ1v) is 8.91. The van der Waals surface area contributed by atoms with Gasteiger partial charge in [-0.3, -0.25) is 0 Å². The molecule has 0 bridgehead atoms. The van der Waals surface area contributed by atoms with Crippen molar-refractivity contribution < 1.29 is 0 Å². The van der Waals surface area contributed by atoms with Crippen molar-refractivity contribution in [3.8, 4) is 0 Å². The van der Waals surface area contributed by atoms with Crippen molar-refractivity contribution in [3.05, 3.63) is 51.5 Å². The molecule has 3 heteroatoms. The van der Waals surface area contributed by atoms with Crippen LogP contribution >= 0.6 is 11.3 Å². The fraction of sp³-hybridized carbons (Fsp3) is 0.500. The fourth-order valence-corrected chi connectivity index (χ4v) is 3.57. The van der Waals surface area contributed by atoms with E-state index in [1.807, 2.05) is 0 Å². The summed E-state index contributed by atoms with van der Waals surface area (Å²) < 4.78 is 0. The highest BCUT2D eigenvalue weighted by Crippen LogP contribution is 2.37. The van der Waals surface area contributed by atoms with E-state index in [-0.39, 0.29) is 6.04 Å². The van der Waals surface area contributed by atoms with Crippen LogP contribution in [0, 0.1) is 6.92 Å². The summed E-state index contributed by atoms with van der Waals surface area (Å²) in [5, 5.41) is 7.00. The van der Waals surface area contributed by atoms with Crippen molar-refractivity contribution in [2.75, 3.05) is 6.54 Å². The molecule has 0 amide bonds. The van der Waals surface area contributed by atoms with Crippen molar-refractivity contribution >= 4 is 11.3 Å². The second kappa shape index (κ2) is 6.71. The molecule has 0 radical (unpaired) electrons. The molecule has 1 aliphatic rings. The van der Waals surface area contributed by atoms with E-state index in [0.717, 1.165) is 29.6 Å². The van der Waals surface area contributed by atoms with Crippen LogP contribution in [0.5, 0.6) is 0 Å². The van der Waals surface area contributed by atoms with Gasteiger partial charge in [0.05, 0.1) is 16.7 Å². The lowest BCUT2D eigenvalue weighted by atomic mass is 9.79. The summed E-state index contributed by atoms with van der Waals surface area (Å²) in [4.78, 5) is 4.70. The van der Waals surface area contributed by atoms with E-state index in [1.165, 1.54) is 30.4 Å². The lowest BCUT2D eigenvalue weighted by Gasteiger charge is -2.27. The minimum atomic E-state index is 0.231. The van der Waals surface area contributed by atoms with Crippen LogP contribution in [0.15, 0.2) is 29.6 Å². The summed E-state index contributed by atoms with van der Waals surface area (Å²) in [7, 11) is 0. The van der Waals surface area contributed by atoms with E-state index < -0.39 is 0 Å². The Hall–Kier alpha value is -1.19. The maximum absolute atomic E-state index is 4.70. The zero-order chi connectivity index (χ0) is 14.7. The zero-order valence-electron chi connectivity index (χ0n) is 12.9. The van der Waals surface area contributed by atoms with Gasteiger partial charge in [0.1, 0.15) is 0 Å². The molecule has 21 heavy (non-hydrogen) atoms. The van der Waals surface area contributed by atoms with Crippen LogP contribution in [0.25, 0.3) is 0 Å². The van der Waals surface area contributed by atoms with E-state index in [2.05, 4.69) is 48.8 Å². The molecule has 1 unspecified atom stereocenters. The maximum Gasteiger partial charge on any atom is 0.0898 e. The van der Waals surface area contributed by atoms with Gasteiger partial charge in [0, 0.05) is 5.38 Å².